The van der Waals surface area contributed by atoms with Crippen molar-refractivity contribution in [1.82, 2.24) is 30.0 Å². The van der Waals surface area contributed by atoms with E-state index in [0.29, 0.717) is 41.2 Å². The maximum absolute atomic E-state index is 11.1. The van der Waals surface area contributed by atoms with Gasteiger partial charge >= 0.3 is 5.97 Å². The van der Waals surface area contributed by atoms with Gasteiger partial charge in [-0.15, -0.1) is 10.2 Å². The lowest BCUT2D eigenvalue weighted by Crippen LogP contribution is -2.56. The fourth-order valence-corrected chi connectivity index (χ4v) is 12.5. The molecule has 0 radical (unpaired) electrons. The van der Waals surface area contributed by atoms with Crippen LogP contribution in [0.15, 0.2) is 85.2 Å². The Hall–Kier alpha value is -5.24. The predicted molar refractivity (Wildman–Crippen MR) is 251 cm³/mol. The Morgan fingerprint density at radius 3 is 1.72 bits per heavy atom. The van der Waals surface area contributed by atoms with E-state index in [1.54, 1.807) is 26.0 Å². The molecule has 64 heavy (non-hydrogen) atoms. The molecule has 12 rings (SSSR count). The average Bonchev–Trinajstić information content (AvgIpc) is 3.34. The number of aliphatic carboxylic acids is 1. The number of ether oxygens (including phenoxy) is 4. The lowest BCUT2D eigenvalue weighted by atomic mass is 9.72. The number of hydrogen-bond acceptors (Lipinski definition) is 12. The van der Waals surface area contributed by atoms with Crippen LogP contribution >= 0.6 is 11.8 Å². The number of hydrogen-bond donors (Lipinski definition) is 1. The largest absolute Gasteiger partial charge is 0.497 e. The number of carboxylic acids is 1. The third kappa shape index (κ3) is 8.42. The number of nitrogens with zero attached hydrogens (tertiary/aromatic N) is 6. The molecular weight excluding hydrogens is 825 g/mol. The second kappa shape index (κ2) is 18.7. The number of aromatic nitrogens is 4. The summed E-state index contributed by atoms with van der Waals surface area (Å²) >= 11 is 1.75. The topological polar surface area (TPSA) is 132 Å². The molecule has 1 N–H and O–H groups in total. The van der Waals surface area contributed by atoms with Crippen LogP contribution in [0.25, 0.3) is 32.6 Å². The number of carbonyl (C=O) groups is 1. The summed E-state index contributed by atoms with van der Waals surface area (Å²) in [7, 11) is 3.40. The molecule has 6 aromatic rings. The van der Waals surface area contributed by atoms with E-state index in [1.165, 1.54) is 12.8 Å². The summed E-state index contributed by atoms with van der Waals surface area (Å²) in [6.45, 7) is 6.43. The molecule has 6 saturated heterocycles. The van der Waals surface area contributed by atoms with E-state index in [1.807, 2.05) is 48.8 Å². The van der Waals surface area contributed by atoms with E-state index in [4.69, 9.17) is 44.2 Å². The number of rotatable bonds is 17. The Bertz CT molecular complexity index is 2630. The molecule has 6 fully saturated rings. The Kier molecular flexibility index (Phi) is 12.5. The number of carboxylic acid groups (broad SMARTS) is 1. The second-order valence-corrected chi connectivity index (χ2v) is 19.4. The molecule has 334 valence electrons. The smallest absolute Gasteiger partial charge is 0.304 e. The predicted octanol–water partition coefficient (Wildman–Crippen LogP) is 9.41. The number of fused-ring (bicyclic) bond motifs is 9. The zero-order valence-electron chi connectivity index (χ0n) is 37.0. The molecule has 0 spiro atoms. The Morgan fingerprint density at radius 2 is 1.25 bits per heavy atom. The first-order chi connectivity index (χ1) is 31.4. The second-order valence-electron chi connectivity index (χ2n) is 18.2. The summed E-state index contributed by atoms with van der Waals surface area (Å²) in [5.41, 5.74) is 3.89. The highest BCUT2D eigenvalue weighted by Gasteiger charge is 2.46. The van der Waals surface area contributed by atoms with Crippen LogP contribution in [0.3, 0.4) is 0 Å². The minimum Gasteiger partial charge on any atom is -0.497 e. The lowest BCUT2D eigenvalue weighted by Gasteiger charge is -2.52. The molecule has 13 heteroatoms. The van der Waals surface area contributed by atoms with Crippen LogP contribution in [0, 0.1) is 23.7 Å². The molecule has 4 bridgehead atoms. The molecule has 9 heterocycles. The summed E-state index contributed by atoms with van der Waals surface area (Å²) in [6.07, 6.45) is 9.94. The summed E-state index contributed by atoms with van der Waals surface area (Å²) < 4.78 is 26.1. The highest BCUT2D eigenvalue weighted by atomic mass is 32.2. The first-order valence-corrected chi connectivity index (χ1v) is 24.3. The van der Waals surface area contributed by atoms with Gasteiger partial charge in [0.15, 0.2) is 0 Å². The fourth-order valence-electron chi connectivity index (χ4n) is 11.5. The van der Waals surface area contributed by atoms with Gasteiger partial charge in [-0.25, -0.2) is 0 Å². The monoisotopic (exact) mass is 882 g/mol. The number of thioether (sulfide) groups is 1. The fraction of sp³-hybridized carbons (Fsp3) is 0.471. The third-order valence-electron chi connectivity index (χ3n) is 14.9. The molecule has 10 atom stereocenters. The molecule has 0 aliphatic carbocycles. The SMILES string of the molecule is CC[C@H]1CN2CC[C@H]1C[C@@H]2C(Oc1nnc(OC(c2ccnc3ccc(OC)cc23)[C@H]2C[C@@H]3CCN2C[C@@H]3CCSCCC(=O)O)c2ccccc12)c1ccnc2ccc(OC)cc12. The third-order valence-corrected chi connectivity index (χ3v) is 15.9. The zero-order valence-corrected chi connectivity index (χ0v) is 37.8. The van der Waals surface area contributed by atoms with Crippen LogP contribution in [-0.2, 0) is 4.79 Å². The molecular formula is C51H58N6O6S. The van der Waals surface area contributed by atoms with Crippen LogP contribution in [0.5, 0.6) is 23.3 Å². The first-order valence-electron chi connectivity index (χ1n) is 23.1. The van der Waals surface area contributed by atoms with Gasteiger partial charge in [0, 0.05) is 53.1 Å². The number of benzene rings is 3. The van der Waals surface area contributed by atoms with Gasteiger partial charge in [0.05, 0.1) is 54.5 Å². The first kappa shape index (κ1) is 42.7. The molecule has 0 amide bonds. The highest BCUT2D eigenvalue weighted by Crippen LogP contribution is 2.48. The highest BCUT2D eigenvalue weighted by molar-refractivity contribution is 7.99. The molecule has 3 aromatic heterocycles. The van der Waals surface area contributed by atoms with Gasteiger partial charge in [0.1, 0.15) is 23.7 Å². The molecule has 6 aliphatic heterocycles. The maximum atomic E-state index is 11.1. The quantitative estimate of drug-likeness (QED) is 0.0874. The van der Waals surface area contributed by atoms with Gasteiger partial charge in [0.25, 0.3) is 0 Å². The van der Waals surface area contributed by atoms with Crippen molar-refractivity contribution in [3.63, 3.8) is 0 Å². The van der Waals surface area contributed by atoms with Gasteiger partial charge in [0.2, 0.25) is 11.8 Å². The van der Waals surface area contributed by atoms with Crippen molar-refractivity contribution in [3.8, 4) is 23.3 Å². The standard InChI is InChI=1S/C51H58N6O6S/c1-4-31-29-56-21-15-32(31)25-45(56)48(37-13-19-52-43-11-9-35(60-2)27-41(37)43)62-50-39-7-5-6-8-40(39)51(55-54-50)63-49(38-14-20-53-44-12-10-36(61-3)28-42(38)44)46-26-33-16-22-57(46)30-34(33)17-23-64-24-18-47(58)59/h5-14,19-20,27-28,31-34,45-46,48-49H,4,15-18,21-26,29-30H2,1-3H3,(H,58,59)/t31-,32-,33-,34-,45+,46+,48?,49?/m0/s1. The molecule has 0 saturated carbocycles. The summed E-state index contributed by atoms with van der Waals surface area (Å²) in [6, 6.07) is 24.7. The Balaban J connectivity index is 1.01. The summed E-state index contributed by atoms with van der Waals surface area (Å²) in [5.74, 6) is 5.84. The van der Waals surface area contributed by atoms with Gasteiger partial charge in [-0.1, -0.05) is 25.5 Å². The number of pyridine rings is 2. The van der Waals surface area contributed by atoms with Crippen molar-refractivity contribution < 1.29 is 28.8 Å². The van der Waals surface area contributed by atoms with Crippen LogP contribution < -0.4 is 18.9 Å². The van der Waals surface area contributed by atoms with Crippen molar-refractivity contribution >= 4 is 50.3 Å². The lowest BCUT2D eigenvalue weighted by molar-refractivity contribution is -0.136. The summed E-state index contributed by atoms with van der Waals surface area (Å²) in [5, 5.41) is 22.7. The normalized spacial score (nSPS) is 25.9. The molecule has 3 aromatic carbocycles. The van der Waals surface area contributed by atoms with E-state index in [9.17, 15) is 4.79 Å². The molecule has 6 aliphatic rings. The van der Waals surface area contributed by atoms with Crippen LogP contribution in [0.4, 0.5) is 0 Å². The maximum Gasteiger partial charge on any atom is 0.304 e. The van der Waals surface area contributed by atoms with E-state index >= 15 is 0 Å². The average molecular weight is 883 g/mol. The molecule has 12 nitrogen and oxygen atoms in total. The van der Waals surface area contributed by atoms with E-state index in [-0.39, 0.29) is 30.7 Å². The van der Waals surface area contributed by atoms with Crippen molar-refractivity contribution in [2.24, 2.45) is 23.7 Å². The number of methoxy groups -OCH3 is 2. The van der Waals surface area contributed by atoms with Gasteiger partial charge in [-0.2, -0.15) is 11.8 Å². The van der Waals surface area contributed by atoms with Crippen molar-refractivity contribution in [2.75, 3.05) is 51.9 Å². The van der Waals surface area contributed by atoms with Crippen LogP contribution in [0.1, 0.15) is 75.2 Å². The summed E-state index contributed by atoms with van der Waals surface area (Å²) in [4.78, 5) is 25.9. The number of piperidine rings is 6. The minimum absolute atomic E-state index is 0.0898. The Labute approximate surface area is 379 Å². The van der Waals surface area contributed by atoms with E-state index in [2.05, 4.69) is 53.1 Å². The van der Waals surface area contributed by atoms with Crippen molar-refractivity contribution in [1.29, 1.82) is 0 Å². The van der Waals surface area contributed by atoms with Crippen LogP contribution in [-0.4, -0.2) is 105 Å². The zero-order chi connectivity index (χ0) is 43.7. The molecule has 4 unspecified atom stereocenters. The van der Waals surface area contributed by atoms with E-state index < -0.39 is 5.97 Å². The Morgan fingerprint density at radius 1 is 0.719 bits per heavy atom. The van der Waals surface area contributed by atoms with Crippen LogP contribution in [0.2, 0.25) is 0 Å². The van der Waals surface area contributed by atoms with Gasteiger partial charge in [-0.05, 0) is 135 Å². The van der Waals surface area contributed by atoms with Gasteiger partial charge in [-0.3, -0.25) is 24.6 Å². The van der Waals surface area contributed by atoms with Crippen molar-refractivity contribution in [3.05, 3.63) is 96.3 Å². The van der Waals surface area contributed by atoms with E-state index in [0.717, 1.165) is 113 Å². The van der Waals surface area contributed by atoms with Gasteiger partial charge < -0.3 is 24.1 Å². The van der Waals surface area contributed by atoms with Crippen molar-refractivity contribution in [2.45, 2.75) is 76.2 Å². The minimum atomic E-state index is -0.733.